The van der Waals surface area contributed by atoms with Crippen LogP contribution in [0.2, 0.25) is 0 Å². The maximum atomic E-state index is 11.7. The molecule has 0 spiro atoms. The Morgan fingerprint density at radius 2 is 1.63 bits per heavy atom. The maximum Gasteiger partial charge on any atom is 0.328 e. The van der Waals surface area contributed by atoms with E-state index in [1.165, 1.54) is 6.92 Å². The monoisotopic (exact) mass is 271 g/mol. The maximum absolute atomic E-state index is 11.7. The van der Waals surface area contributed by atoms with E-state index in [1.54, 1.807) is 0 Å². The number of carbonyl (C=O) groups excluding carboxylic acids is 1. The van der Waals surface area contributed by atoms with Crippen LogP contribution >= 0.6 is 0 Å². The van der Waals surface area contributed by atoms with E-state index >= 15 is 0 Å². The van der Waals surface area contributed by atoms with Crippen molar-refractivity contribution in [3.05, 3.63) is 17.7 Å². The van der Waals surface area contributed by atoms with Crippen LogP contribution in [0.5, 0.6) is 17.2 Å². The molecule has 1 aromatic rings. The van der Waals surface area contributed by atoms with Crippen LogP contribution in [0.3, 0.4) is 0 Å². The van der Waals surface area contributed by atoms with Crippen molar-refractivity contribution in [2.75, 3.05) is 0 Å². The van der Waals surface area contributed by atoms with Gasteiger partial charge in [0, 0.05) is 5.56 Å². The molecule has 0 saturated heterocycles. The number of rotatable bonds is 4. The van der Waals surface area contributed by atoms with Gasteiger partial charge in [-0.3, -0.25) is 4.79 Å². The van der Waals surface area contributed by atoms with Gasteiger partial charge in [0.15, 0.2) is 23.3 Å². The number of carbonyl (C=O) groups is 2. The summed E-state index contributed by atoms with van der Waals surface area (Å²) < 4.78 is 0. The highest BCUT2D eigenvalue weighted by Gasteiger charge is 2.26. The summed E-state index contributed by atoms with van der Waals surface area (Å²) in [6.07, 6.45) is -1.33. The third kappa shape index (κ3) is 3.26. The molecule has 0 unspecified atom stereocenters. The summed E-state index contributed by atoms with van der Waals surface area (Å²) >= 11 is 0. The fraction of sp³-hybridized carbons (Fsp3) is 0.273. The molecule has 0 aliphatic carbocycles. The van der Waals surface area contributed by atoms with Crippen LogP contribution in [-0.4, -0.2) is 49.6 Å². The summed E-state index contributed by atoms with van der Waals surface area (Å²) in [7, 11) is 0. The molecule has 2 atom stereocenters. The zero-order valence-corrected chi connectivity index (χ0v) is 9.86. The number of aliphatic hydroxyl groups excluding tert-OH is 1. The lowest BCUT2D eigenvalue weighted by Crippen LogP contribution is -2.47. The van der Waals surface area contributed by atoms with Gasteiger partial charge in [-0.25, -0.2) is 4.79 Å². The van der Waals surface area contributed by atoms with E-state index in [-0.39, 0.29) is 5.56 Å². The molecular formula is C11H13NO7. The predicted molar refractivity (Wildman–Crippen MR) is 62.0 cm³/mol. The summed E-state index contributed by atoms with van der Waals surface area (Å²) in [5.74, 6) is -4.61. The second-order valence-electron chi connectivity index (χ2n) is 3.89. The third-order valence-electron chi connectivity index (χ3n) is 2.37. The number of amides is 1. The van der Waals surface area contributed by atoms with Crippen LogP contribution in [0.1, 0.15) is 17.3 Å². The first-order valence-electron chi connectivity index (χ1n) is 5.20. The smallest absolute Gasteiger partial charge is 0.328 e. The lowest BCUT2D eigenvalue weighted by molar-refractivity contribution is -0.141. The predicted octanol–water partition coefficient (Wildman–Crippen LogP) is -0.633. The number of aliphatic carboxylic acids is 1. The van der Waals surface area contributed by atoms with Crippen LogP contribution in [-0.2, 0) is 4.79 Å². The Morgan fingerprint density at radius 1 is 1.16 bits per heavy atom. The van der Waals surface area contributed by atoms with Crippen molar-refractivity contribution in [2.24, 2.45) is 0 Å². The standard InChI is InChI=1S/C11H13NO7/c1-4(13)8(11(18)19)12-10(17)5-2-6(14)9(16)7(15)3-5/h2-4,8,13-16H,1H3,(H,12,17)(H,18,19)/t4-,8+/m1/s1. The molecule has 0 bridgehead atoms. The molecule has 0 fully saturated rings. The number of aliphatic hydroxyl groups is 1. The average Bonchev–Trinajstić information content (AvgIpc) is 2.31. The van der Waals surface area contributed by atoms with Gasteiger partial charge in [-0.1, -0.05) is 0 Å². The molecule has 6 N–H and O–H groups in total. The number of carboxylic acid groups (broad SMARTS) is 1. The quantitative estimate of drug-likeness (QED) is 0.399. The molecule has 0 aliphatic rings. The van der Waals surface area contributed by atoms with Crippen molar-refractivity contribution in [2.45, 2.75) is 19.1 Å². The number of carboxylic acids is 1. The van der Waals surface area contributed by atoms with Crippen molar-refractivity contribution in [1.29, 1.82) is 0 Å². The number of benzene rings is 1. The molecular weight excluding hydrogens is 258 g/mol. The second kappa shape index (κ2) is 5.44. The highest BCUT2D eigenvalue weighted by Crippen LogP contribution is 2.35. The van der Waals surface area contributed by atoms with E-state index in [9.17, 15) is 24.9 Å². The average molecular weight is 271 g/mol. The van der Waals surface area contributed by atoms with Crippen molar-refractivity contribution in [3.63, 3.8) is 0 Å². The molecule has 1 aromatic carbocycles. The third-order valence-corrected chi connectivity index (χ3v) is 2.37. The first-order valence-corrected chi connectivity index (χ1v) is 5.20. The van der Waals surface area contributed by atoms with Gasteiger partial charge in [0.05, 0.1) is 6.10 Å². The number of hydrogen-bond donors (Lipinski definition) is 6. The van der Waals surface area contributed by atoms with Crippen LogP contribution in [0.4, 0.5) is 0 Å². The Labute approximate surface area is 107 Å². The Morgan fingerprint density at radius 3 is 2.00 bits per heavy atom. The Hall–Kier alpha value is -2.48. The topological polar surface area (TPSA) is 147 Å². The molecule has 8 nitrogen and oxygen atoms in total. The first kappa shape index (κ1) is 14.6. The number of phenols is 3. The Kier molecular flexibility index (Phi) is 4.18. The van der Waals surface area contributed by atoms with Crippen molar-refractivity contribution >= 4 is 11.9 Å². The van der Waals surface area contributed by atoms with Gasteiger partial charge >= 0.3 is 5.97 Å². The van der Waals surface area contributed by atoms with E-state index in [0.717, 1.165) is 12.1 Å². The number of aromatic hydroxyl groups is 3. The zero-order valence-electron chi connectivity index (χ0n) is 9.86. The molecule has 0 aromatic heterocycles. The Balaban J connectivity index is 2.98. The Bertz CT molecular complexity index is 489. The van der Waals surface area contributed by atoms with Gasteiger partial charge in [0.25, 0.3) is 5.91 Å². The highest BCUT2D eigenvalue weighted by molar-refractivity contribution is 5.97. The summed E-state index contributed by atoms with van der Waals surface area (Å²) in [6, 6.07) is 0.169. The first-order chi connectivity index (χ1) is 8.73. The molecule has 0 radical (unpaired) electrons. The number of hydrogen-bond acceptors (Lipinski definition) is 6. The second-order valence-corrected chi connectivity index (χ2v) is 3.89. The van der Waals surface area contributed by atoms with E-state index in [1.807, 2.05) is 5.32 Å². The lowest BCUT2D eigenvalue weighted by atomic mass is 10.1. The van der Waals surface area contributed by atoms with Gasteiger partial charge in [-0.15, -0.1) is 0 Å². The normalized spacial score (nSPS) is 13.6. The number of phenolic OH excluding ortho intramolecular Hbond substituents is 3. The van der Waals surface area contributed by atoms with Gasteiger partial charge in [-0.2, -0.15) is 0 Å². The minimum Gasteiger partial charge on any atom is -0.504 e. The van der Waals surface area contributed by atoms with Gasteiger partial charge in [0.1, 0.15) is 0 Å². The van der Waals surface area contributed by atoms with Gasteiger partial charge in [0.2, 0.25) is 0 Å². The largest absolute Gasteiger partial charge is 0.504 e. The summed E-state index contributed by atoms with van der Waals surface area (Å²) in [6.45, 7) is 1.19. The molecule has 0 saturated carbocycles. The van der Waals surface area contributed by atoms with Gasteiger partial charge in [-0.05, 0) is 19.1 Å². The van der Waals surface area contributed by atoms with Crippen LogP contribution in [0.15, 0.2) is 12.1 Å². The van der Waals surface area contributed by atoms with E-state index < -0.39 is 41.3 Å². The van der Waals surface area contributed by atoms with Crippen molar-refractivity contribution in [3.8, 4) is 17.2 Å². The van der Waals surface area contributed by atoms with Crippen molar-refractivity contribution in [1.82, 2.24) is 5.32 Å². The molecule has 1 amide bonds. The van der Waals surface area contributed by atoms with Gasteiger partial charge < -0.3 is 30.8 Å². The molecule has 0 heterocycles. The zero-order chi connectivity index (χ0) is 14.7. The summed E-state index contributed by atoms with van der Waals surface area (Å²) in [5, 5.41) is 47.5. The molecule has 0 aliphatic heterocycles. The molecule has 8 heteroatoms. The van der Waals surface area contributed by atoms with E-state index in [0.29, 0.717) is 0 Å². The van der Waals surface area contributed by atoms with Crippen molar-refractivity contribution < 1.29 is 35.1 Å². The molecule has 19 heavy (non-hydrogen) atoms. The van der Waals surface area contributed by atoms with E-state index in [2.05, 4.69) is 0 Å². The van der Waals surface area contributed by atoms with Crippen LogP contribution in [0.25, 0.3) is 0 Å². The molecule has 104 valence electrons. The van der Waals surface area contributed by atoms with Crippen LogP contribution in [0, 0.1) is 0 Å². The lowest BCUT2D eigenvalue weighted by Gasteiger charge is -2.17. The SMILES string of the molecule is C[C@@H](O)[C@H](NC(=O)c1cc(O)c(O)c(O)c1)C(=O)O. The fourth-order valence-electron chi connectivity index (χ4n) is 1.35. The minimum absolute atomic E-state index is 0.264. The van der Waals surface area contributed by atoms with Crippen LogP contribution < -0.4 is 5.32 Å². The summed E-state index contributed by atoms with van der Waals surface area (Å²) in [4.78, 5) is 22.5. The number of nitrogens with one attached hydrogen (secondary N) is 1. The van der Waals surface area contributed by atoms with E-state index in [4.69, 9.17) is 10.2 Å². The fourth-order valence-corrected chi connectivity index (χ4v) is 1.35. The highest BCUT2D eigenvalue weighted by atomic mass is 16.4. The molecule has 1 rings (SSSR count). The minimum atomic E-state index is -1.54. The summed E-state index contributed by atoms with van der Waals surface area (Å²) in [5.41, 5.74) is -0.264.